The lowest BCUT2D eigenvalue weighted by molar-refractivity contribution is 0.362. The van der Waals surface area contributed by atoms with Crippen LogP contribution in [0.2, 0.25) is 0 Å². The molecule has 1 fully saturated rings. The average Bonchev–Trinajstić information content (AvgIpc) is 3.30. The SMILES string of the molecule is c1ccc2sc(SN(Sc3nc4ccccc4s3)C3CCCCC3)nc2c1. The van der Waals surface area contributed by atoms with Gasteiger partial charge >= 0.3 is 0 Å². The average molecular weight is 430 g/mol. The molecule has 2 aromatic heterocycles. The van der Waals surface area contributed by atoms with E-state index in [9.17, 15) is 0 Å². The molecule has 2 aromatic carbocycles. The first-order valence-electron chi connectivity index (χ1n) is 9.21. The molecule has 1 aliphatic rings. The first-order valence-corrected chi connectivity index (χ1v) is 12.4. The molecule has 3 nitrogen and oxygen atoms in total. The van der Waals surface area contributed by atoms with E-state index in [0.29, 0.717) is 6.04 Å². The van der Waals surface area contributed by atoms with Crippen molar-refractivity contribution in [2.24, 2.45) is 0 Å². The van der Waals surface area contributed by atoms with Crippen LogP contribution in [0.3, 0.4) is 0 Å². The number of thiazole rings is 2. The smallest absolute Gasteiger partial charge is 0.167 e. The lowest BCUT2D eigenvalue weighted by Crippen LogP contribution is -2.26. The van der Waals surface area contributed by atoms with Gasteiger partial charge in [-0.2, -0.15) is 3.71 Å². The van der Waals surface area contributed by atoms with Crippen LogP contribution in [-0.2, 0) is 0 Å². The molecule has 0 N–H and O–H groups in total. The number of para-hydroxylation sites is 2. The molecule has 27 heavy (non-hydrogen) atoms. The maximum atomic E-state index is 4.84. The number of hydrogen-bond donors (Lipinski definition) is 0. The fourth-order valence-corrected chi connectivity index (χ4v) is 8.27. The summed E-state index contributed by atoms with van der Waals surface area (Å²) in [5.74, 6) is 0. The molecule has 4 aromatic rings. The van der Waals surface area contributed by atoms with Gasteiger partial charge in [0.05, 0.1) is 20.4 Å². The minimum Gasteiger partial charge on any atom is -0.228 e. The Bertz CT molecular complexity index is 909. The molecule has 5 rings (SSSR count). The van der Waals surface area contributed by atoms with Gasteiger partial charge in [-0.25, -0.2) is 9.97 Å². The fraction of sp³-hybridized carbons (Fsp3) is 0.300. The Kier molecular flexibility index (Phi) is 5.38. The second-order valence-corrected chi connectivity index (χ2v) is 11.4. The van der Waals surface area contributed by atoms with Gasteiger partial charge in [0.2, 0.25) is 0 Å². The van der Waals surface area contributed by atoms with Gasteiger partial charge in [-0.15, -0.1) is 22.7 Å². The topological polar surface area (TPSA) is 29.0 Å². The molecule has 0 unspecified atom stereocenters. The van der Waals surface area contributed by atoms with E-state index in [4.69, 9.17) is 9.97 Å². The van der Waals surface area contributed by atoms with Crippen molar-refractivity contribution in [3.63, 3.8) is 0 Å². The number of hydrogen-bond acceptors (Lipinski definition) is 7. The van der Waals surface area contributed by atoms with Crippen molar-refractivity contribution < 1.29 is 0 Å². The Morgan fingerprint density at radius 3 is 1.78 bits per heavy atom. The van der Waals surface area contributed by atoms with Crippen molar-refractivity contribution in [1.29, 1.82) is 0 Å². The molecule has 7 heteroatoms. The van der Waals surface area contributed by atoms with Crippen molar-refractivity contribution in [3.8, 4) is 0 Å². The molecule has 0 saturated heterocycles. The summed E-state index contributed by atoms with van der Waals surface area (Å²) >= 11 is 7.16. The Hall–Kier alpha value is -1.12. The summed E-state index contributed by atoms with van der Waals surface area (Å²) in [6.45, 7) is 0. The van der Waals surface area contributed by atoms with Crippen LogP contribution in [0.25, 0.3) is 20.4 Å². The van der Waals surface area contributed by atoms with Gasteiger partial charge in [-0.05, 0) is 37.1 Å². The lowest BCUT2D eigenvalue weighted by atomic mass is 9.96. The highest BCUT2D eigenvalue weighted by Gasteiger charge is 2.26. The van der Waals surface area contributed by atoms with Crippen LogP contribution in [0.15, 0.2) is 57.2 Å². The van der Waals surface area contributed by atoms with Crippen LogP contribution in [-0.4, -0.2) is 19.7 Å². The second-order valence-electron chi connectivity index (χ2n) is 6.65. The molecular formula is C20H19N3S4. The molecule has 0 amide bonds. The standard InChI is InChI=1S/C20H19N3S4/c1-2-8-14(9-3-1)23(26-19-21-15-10-4-6-12-17(15)24-19)27-20-22-16-11-5-7-13-18(16)25-20/h4-7,10-14H,1-3,8-9H2. The Morgan fingerprint density at radius 2 is 1.26 bits per heavy atom. The largest absolute Gasteiger partial charge is 0.228 e. The Labute approximate surface area is 175 Å². The van der Waals surface area contributed by atoms with Crippen LogP contribution < -0.4 is 0 Å². The monoisotopic (exact) mass is 429 g/mol. The van der Waals surface area contributed by atoms with Crippen LogP contribution in [0.1, 0.15) is 32.1 Å². The maximum Gasteiger partial charge on any atom is 0.167 e. The highest BCUT2D eigenvalue weighted by molar-refractivity contribution is 8.13. The van der Waals surface area contributed by atoms with E-state index in [-0.39, 0.29) is 0 Å². The molecule has 0 bridgehead atoms. The summed E-state index contributed by atoms with van der Waals surface area (Å²) in [6.07, 6.45) is 6.53. The molecular weight excluding hydrogens is 411 g/mol. The van der Waals surface area contributed by atoms with Crippen molar-refractivity contribution >= 4 is 67.0 Å². The third-order valence-electron chi connectivity index (χ3n) is 4.76. The van der Waals surface area contributed by atoms with E-state index in [2.05, 4.69) is 52.2 Å². The van der Waals surface area contributed by atoms with E-state index in [0.717, 1.165) is 19.7 Å². The summed E-state index contributed by atoms with van der Waals surface area (Å²) in [5, 5.41) is 0. The van der Waals surface area contributed by atoms with Crippen LogP contribution in [0.4, 0.5) is 0 Å². The van der Waals surface area contributed by atoms with E-state index in [1.54, 1.807) is 46.6 Å². The molecule has 138 valence electrons. The summed E-state index contributed by atoms with van der Waals surface area (Å²) in [7, 11) is 0. The van der Waals surface area contributed by atoms with Gasteiger partial charge < -0.3 is 0 Å². The van der Waals surface area contributed by atoms with Gasteiger partial charge in [0.25, 0.3) is 0 Å². The zero-order valence-corrected chi connectivity index (χ0v) is 18.0. The normalized spacial score (nSPS) is 15.9. The molecule has 0 radical (unpaired) electrons. The second kappa shape index (κ2) is 8.09. The predicted molar refractivity (Wildman–Crippen MR) is 120 cm³/mol. The number of benzene rings is 2. The van der Waals surface area contributed by atoms with Crippen LogP contribution in [0, 0.1) is 0 Å². The molecule has 0 aliphatic heterocycles. The summed E-state index contributed by atoms with van der Waals surface area (Å²) < 4.78 is 7.22. The zero-order valence-electron chi connectivity index (χ0n) is 14.7. The minimum atomic E-state index is 0.577. The van der Waals surface area contributed by atoms with Crippen molar-refractivity contribution in [2.45, 2.75) is 46.8 Å². The molecule has 0 atom stereocenters. The molecule has 0 spiro atoms. The van der Waals surface area contributed by atoms with Gasteiger partial charge in [0, 0.05) is 29.9 Å². The van der Waals surface area contributed by atoms with Crippen molar-refractivity contribution in [1.82, 2.24) is 13.7 Å². The third kappa shape index (κ3) is 4.03. The predicted octanol–water partition coefficient (Wildman–Crippen LogP) is 7.26. The Balaban J connectivity index is 1.42. The highest BCUT2D eigenvalue weighted by atomic mass is 32.2. The van der Waals surface area contributed by atoms with Gasteiger partial charge in [0.15, 0.2) is 8.68 Å². The van der Waals surface area contributed by atoms with Crippen molar-refractivity contribution in [3.05, 3.63) is 48.5 Å². The third-order valence-corrected chi connectivity index (χ3v) is 9.27. The molecule has 1 saturated carbocycles. The first-order chi connectivity index (χ1) is 13.3. The number of nitrogens with zero attached hydrogens (tertiary/aromatic N) is 3. The number of rotatable bonds is 5. The summed E-state index contributed by atoms with van der Waals surface area (Å²) in [4.78, 5) is 9.68. The van der Waals surface area contributed by atoms with Gasteiger partial charge in [-0.1, -0.05) is 43.5 Å². The minimum absolute atomic E-state index is 0.577. The number of fused-ring (bicyclic) bond motifs is 2. The summed E-state index contributed by atoms with van der Waals surface area (Å²) in [5.41, 5.74) is 2.19. The zero-order chi connectivity index (χ0) is 18.1. The van der Waals surface area contributed by atoms with Crippen LogP contribution in [0.5, 0.6) is 0 Å². The Morgan fingerprint density at radius 1 is 0.741 bits per heavy atom. The van der Waals surface area contributed by atoms with Crippen LogP contribution >= 0.6 is 46.6 Å². The van der Waals surface area contributed by atoms with E-state index in [1.165, 1.54) is 41.5 Å². The van der Waals surface area contributed by atoms with E-state index in [1.807, 2.05) is 0 Å². The van der Waals surface area contributed by atoms with Crippen molar-refractivity contribution in [2.75, 3.05) is 0 Å². The quantitative estimate of drug-likeness (QED) is 0.311. The molecule has 1 aliphatic carbocycles. The maximum absolute atomic E-state index is 4.84. The number of aromatic nitrogens is 2. The van der Waals surface area contributed by atoms with E-state index >= 15 is 0 Å². The highest BCUT2D eigenvalue weighted by Crippen LogP contribution is 2.43. The van der Waals surface area contributed by atoms with Gasteiger partial charge in [-0.3, -0.25) is 0 Å². The van der Waals surface area contributed by atoms with E-state index < -0.39 is 0 Å². The van der Waals surface area contributed by atoms with Gasteiger partial charge in [0.1, 0.15) is 0 Å². The first kappa shape index (κ1) is 17.9. The lowest BCUT2D eigenvalue weighted by Gasteiger charge is -2.30. The molecule has 2 heterocycles. The summed E-state index contributed by atoms with van der Waals surface area (Å²) in [6, 6.07) is 17.4. The fourth-order valence-electron chi connectivity index (χ4n) is 3.39.